The summed E-state index contributed by atoms with van der Waals surface area (Å²) in [5.74, 6) is -1.12. The highest BCUT2D eigenvalue weighted by Gasteiger charge is 2.50. The van der Waals surface area contributed by atoms with Crippen LogP contribution in [-0.2, 0) is 19.1 Å². The van der Waals surface area contributed by atoms with E-state index in [9.17, 15) is 9.59 Å². The van der Waals surface area contributed by atoms with Gasteiger partial charge in [-0.1, -0.05) is 12.2 Å². The predicted octanol–water partition coefficient (Wildman–Crippen LogP) is -0.313. The Bertz CT molecular complexity index is 412. The van der Waals surface area contributed by atoms with Crippen LogP contribution in [0.3, 0.4) is 0 Å². The van der Waals surface area contributed by atoms with Crippen LogP contribution in [0.5, 0.6) is 0 Å². The lowest BCUT2D eigenvalue weighted by atomic mass is 9.83. The lowest BCUT2D eigenvalue weighted by Crippen LogP contribution is -2.45. The molecule has 78 valence electrons. The molecule has 0 aromatic rings. The van der Waals surface area contributed by atoms with E-state index in [2.05, 4.69) is 0 Å². The van der Waals surface area contributed by atoms with Crippen LogP contribution >= 0.6 is 0 Å². The first-order valence-corrected chi connectivity index (χ1v) is 4.74. The molecule has 3 aliphatic rings. The number of esters is 1. The first-order valence-electron chi connectivity index (χ1n) is 4.74. The van der Waals surface area contributed by atoms with Crippen molar-refractivity contribution in [1.82, 2.24) is 0 Å². The Labute approximate surface area is 85.5 Å². The molecule has 0 aromatic heterocycles. The number of amides is 1. The average Bonchev–Trinajstić information content (AvgIpc) is 2.51. The molecule has 5 heteroatoms. The summed E-state index contributed by atoms with van der Waals surface area (Å²) >= 11 is 0. The Morgan fingerprint density at radius 2 is 2.07 bits per heavy atom. The van der Waals surface area contributed by atoms with E-state index in [1.54, 1.807) is 6.08 Å². The van der Waals surface area contributed by atoms with Gasteiger partial charge in [0, 0.05) is 5.92 Å². The second kappa shape index (κ2) is 2.62. The van der Waals surface area contributed by atoms with Crippen LogP contribution in [0, 0.1) is 17.8 Å². The molecular weight excluding hydrogens is 198 g/mol. The summed E-state index contributed by atoms with van der Waals surface area (Å²) in [5.41, 5.74) is 5.12. The zero-order valence-electron chi connectivity index (χ0n) is 7.75. The smallest absolute Gasteiger partial charge is 0.316 e. The highest BCUT2D eigenvalue weighted by Crippen LogP contribution is 2.44. The summed E-state index contributed by atoms with van der Waals surface area (Å²) in [6.45, 7) is 0. The van der Waals surface area contributed by atoms with Gasteiger partial charge in [-0.3, -0.25) is 9.59 Å². The van der Waals surface area contributed by atoms with Gasteiger partial charge in [-0.05, 0) is 6.08 Å². The van der Waals surface area contributed by atoms with Crippen molar-refractivity contribution < 1.29 is 19.1 Å². The molecular formula is C10H9NO4. The Balaban J connectivity index is 2.03. The van der Waals surface area contributed by atoms with Gasteiger partial charge in [0.1, 0.15) is 0 Å². The third-order valence-corrected chi connectivity index (χ3v) is 3.05. The van der Waals surface area contributed by atoms with E-state index in [0.29, 0.717) is 0 Å². The highest BCUT2D eigenvalue weighted by molar-refractivity contribution is 5.90. The standard InChI is InChI=1S/C10H9NO4/c11-8(12)7-3-6-4-1-2-5(6)10(14-7)15-9(4)13/h1-6,10H,(H2,11,12)/t4-,5-,6+,10-/m1/s1. The lowest BCUT2D eigenvalue weighted by molar-refractivity contribution is -0.203. The number of ether oxygens (including phenoxy) is 2. The fraction of sp³-hybridized carbons (Fsp3) is 0.400. The molecule has 1 saturated heterocycles. The molecule has 1 aliphatic carbocycles. The molecule has 1 fully saturated rings. The molecule has 4 atom stereocenters. The molecule has 2 N–H and O–H groups in total. The molecule has 0 saturated carbocycles. The molecule has 15 heavy (non-hydrogen) atoms. The number of hydrogen-bond donors (Lipinski definition) is 1. The fourth-order valence-electron chi connectivity index (χ4n) is 2.32. The first kappa shape index (κ1) is 8.52. The lowest BCUT2D eigenvalue weighted by Gasteiger charge is -2.37. The number of carbonyl (C=O) groups is 2. The maximum absolute atomic E-state index is 11.4. The maximum Gasteiger partial charge on any atom is 0.316 e. The van der Waals surface area contributed by atoms with Crippen LogP contribution in [0.1, 0.15) is 0 Å². The topological polar surface area (TPSA) is 78.6 Å². The Hall–Kier alpha value is -1.78. The molecule has 1 amide bonds. The van der Waals surface area contributed by atoms with Gasteiger partial charge in [0.25, 0.3) is 12.2 Å². The van der Waals surface area contributed by atoms with Crippen molar-refractivity contribution in [2.45, 2.75) is 6.29 Å². The van der Waals surface area contributed by atoms with Crippen LogP contribution in [0.15, 0.2) is 24.0 Å². The van der Waals surface area contributed by atoms with E-state index in [1.807, 2.05) is 12.2 Å². The van der Waals surface area contributed by atoms with Gasteiger partial charge in [-0.25, -0.2) is 0 Å². The number of allylic oxidation sites excluding steroid dienone is 1. The Morgan fingerprint density at radius 3 is 2.80 bits per heavy atom. The number of carbonyl (C=O) groups excluding carboxylic acids is 2. The monoisotopic (exact) mass is 207 g/mol. The first-order chi connectivity index (χ1) is 7.16. The highest BCUT2D eigenvalue weighted by atomic mass is 16.7. The van der Waals surface area contributed by atoms with Crippen LogP contribution < -0.4 is 5.73 Å². The second-order valence-electron chi connectivity index (χ2n) is 3.88. The third-order valence-electron chi connectivity index (χ3n) is 3.05. The minimum atomic E-state index is -0.690. The van der Waals surface area contributed by atoms with Crippen molar-refractivity contribution in [2.24, 2.45) is 23.5 Å². The molecule has 5 nitrogen and oxygen atoms in total. The van der Waals surface area contributed by atoms with Crippen LogP contribution in [-0.4, -0.2) is 18.2 Å². The Kier molecular flexibility index (Phi) is 1.49. The molecule has 4 bridgehead atoms. The second-order valence-corrected chi connectivity index (χ2v) is 3.88. The average molecular weight is 207 g/mol. The van der Waals surface area contributed by atoms with Crippen molar-refractivity contribution in [1.29, 1.82) is 0 Å². The molecule has 2 aliphatic heterocycles. The zero-order valence-corrected chi connectivity index (χ0v) is 7.75. The van der Waals surface area contributed by atoms with Gasteiger partial charge in [-0.15, -0.1) is 0 Å². The van der Waals surface area contributed by atoms with Gasteiger partial charge in [-0.2, -0.15) is 0 Å². The largest absolute Gasteiger partial charge is 0.449 e. The number of rotatable bonds is 1. The normalized spacial score (nSPS) is 40.5. The zero-order chi connectivity index (χ0) is 10.6. The number of nitrogens with two attached hydrogens (primary N) is 1. The van der Waals surface area contributed by atoms with Gasteiger partial charge >= 0.3 is 5.97 Å². The summed E-state index contributed by atoms with van der Waals surface area (Å²) < 4.78 is 10.3. The van der Waals surface area contributed by atoms with Crippen molar-refractivity contribution in [3.8, 4) is 0 Å². The van der Waals surface area contributed by atoms with Gasteiger partial charge in [0.15, 0.2) is 5.76 Å². The minimum Gasteiger partial charge on any atom is -0.449 e. The van der Waals surface area contributed by atoms with Crippen molar-refractivity contribution >= 4 is 11.9 Å². The van der Waals surface area contributed by atoms with Crippen molar-refractivity contribution in [3.05, 3.63) is 24.0 Å². The fourth-order valence-corrected chi connectivity index (χ4v) is 2.32. The molecule has 0 aromatic carbocycles. The Morgan fingerprint density at radius 1 is 1.27 bits per heavy atom. The third kappa shape index (κ3) is 1.03. The maximum atomic E-state index is 11.4. The number of hydrogen-bond acceptors (Lipinski definition) is 4. The van der Waals surface area contributed by atoms with Crippen molar-refractivity contribution in [3.63, 3.8) is 0 Å². The van der Waals surface area contributed by atoms with E-state index in [1.165, 1.54) is 0 Å². The summed E-state index contributed by atoms with van der Waals surface area (Å²) in [7, 11) is 0. The van der Waals surface area contributed by atoms with E-state index in [-0.39, 0.29) is 29.5 Å². The summed E-state index contributed by atoms with van der Waals surface area (Å²) in [6.07, 6.45) is 4.65. The molecule has 0 spiro atoms. The SMILES string of the molecule is NC(=O)C1=C[C@@H]2[C@H]3C=C[C@H]2C(=O)O[C@H]3O1. The van der Waals surface area contributed by atoms with E-state index < -0.39 is 12.2 Å². The van der Waals surface area contributed by atoms with Gasteiger partial charge < -0.3 is 15.2 Å². The molecule has 0 radical (unpaired) electrons. The molecule has 0 unspecified atom stereocenters. The minimum absolute atomic E-state index is 0.0239. The van der Waals surface area contributed by atoms with Crippen LogP contribution in [0.4, 0.5) is 0 Å². The summed E-state index contributed by atoms with van der Waals surface area (Å²) in [6, 6.07) is 0. The summed E-state index contributed by atoms with van der Waals surface area (Å²) in [4.78, 5) is 22.4. The molecule has 2 heterocycles. The van der Waals surface area contributed by atoms with E-state index >= 15 is 0 Å². The van der Waals surface area contributed by atoms with Gasteiger partial charge in [0.2, 0.25) is 0 Å². The van der Waals surface area contributed by atoms with Crippen molar-refractivity contribution in [2.75, 3.05) is 0 Å². The van der Waals surface area contributed by atoms with Gasteiger partial charge in [0.05, 0.1) is 11.8 Å². The van der Waals surface area contributed by atoms with E-state index in [4.69, 9.17) is 15.2 Å². The quantitative estimate of drug-likeness (QED) is 0.472. The van der Waals surface area contributed by atoms with Crippen LogP contribution in [0.2, 0.25) is 0 Å². The van der Waals surface area contributed by atoms with Crippen LogP contribution in [0.25, 0.3) is 0 Å². The number of primary amides is 1. The predicted molar refractivity (Wildman–Crippen MR) is 47.9 cm³/mol. The van der Waals surface area contributed by atoms with E-state index in [0.717, 1.165) is 0 Å². The summed E-state index contributed by atoms with van der Waals surface area (Å²) in [5, 5.41) is 0. The molecule has 3 rings (SSSR count).